The van der Waals surface area contributed by atoms with E-state index in [4.69, 9.17) is 4.74 Å². The average molecular weight is 366 g/mol. The highest BCUT2D eigenvalue weighted by molar-refractivity contribution is 7.98. The fourth-order valence-electron chi connectivity index (χ4n) is 1.83. The van der Waals surface area contributed by atoms with E-state index in [-0.39, 0.29) is 12.5 Å². The Kier molecular flexibility index (Phi) is 7.50. The van der Waals surface area contributed by atoms with Gasteiger partial charge in [0.25, 0.3) is 0 Å². The molecule has 0 saturated heterocycles. The molecule has 0 bridgehead atoms. The third kappa shape index (κ3) is 6.17. The first-order valence-electron chi connectivity index (χ1n) is 7.22. The molecule has 2 N–H and O–H groups in total. The summed E-state index contributed by atoms with van der Waals surface area (Å²) in [7, 11) is 0. The molecule has 1 unspecified atom stereocenters. The number of thioether (sulfide) groups is 1. The van der Waals surface area contributed by atoms with Crippen LogP contribution in [0.15, 0.2) is 35.8 Å². The zero-order valence-corrected chi connectivity index (χ0v) is 14.7. The van der Waals surface area contributed by atoms with E-state index in [1.807, 2.05) is 36.6 Å². The van der Waals surface area contributed by atoms with E-state index in [0.29, 0.717) is 11.6 Å². The van der Waals surface area contributed by atoms with Crippen LogP contribution in [0.1, 0.15) is 12.0 Å². The molecule has 7 nitrogen and oxygen atoms in total. The zero-order chi connectivity index (χ0) is 17.2. The fourth-order valence-corrected chi connectivity index (χ4v) is 2.75. The molecule has 2 rings (SSSR count). The molecule has 0 fully saturated rings. The van der Waals surface area contributed by atoms with Crippen LogP contribution in [-0.4, -0.2) is 40.2 Å². The lowest BCUT2D eigenvalue weighted by Gasteiger charge is -2.17. The molecule has 24 heavy (non-hydrogen) atoms. The number of nitrogens with zero attached hydrogens (tertiary/aromatic N) is 2. The highest BCUT2D eigenvalue weighted by Crippen LogP contribution is 2.10. The van der Waals surface area contributed by atoms with Crippen molar-refractivity contribution in [3.05, 3.63) is 41.4 Å². The number of benzene rings is 1. The minimum absolute atomic E-state index is 0.153. The van der Waals surface area contributed by atoms with Crippen LogP contribution in [0, 0.1) is 0 Å². The van der Waals surface area contributed by atoms with Crippen LogP contribution < -0.4 is 10.6 Å². The summed E-state index contributed by atoms with van der Waals surface area (Å²) in [5.74, 6) is 0.394. The smallest absolute Gasteiger partial charge is 0.408 e. The minimum Gasteiger partial charge on any atom is -0.445 e. The quantitative estimate of drug-likeness (QED) is 0.746. The molecule has 0 saturated carbocycles. The first-order valence-corrected chi connectivity index (χ1v) is 9.49. The third-order valence-corrected chi connectivity index (χ3v) is 4.27. The van der Waals surface area contributed by atoms with Gasteiger partial charge in [-0.2, -0.15) is 11.8 Å². The van der Waals surface area contributed by atoms with Gasteiger partial charge >= 0.3 is 6.09 Å². The van der Waals surface area contributed by atoms with E-state index in [1.54, 1.807) is 11.8 Å². The number of hydrogen-bond acceptors (Lipinski definition) is 7. The van der Waals surface area contributed by atoms with Crippen molar-refractivity contribution in [1.82, 2.24) is 15.5 Å². The molecule has 0 aliphatic rings. The maximum atomic E-state index is 12.3. The molecular weight excluding hydrogens is 348 g/mol. The van der Waals surface area contributed by atoms with E-state index in [2.05, 4.69) is 20.8 Å². The van der Waals surface area contributed by atoms with E-state index in [9.17, 15) is 9.59 Å². The van der Waals surface area contributed by atoms with Crippen LogP contribution in [0.2, 0.25) is 0 Å². The predicted octanol–water partition coefficient (Wildman–Crippen LogP) is 2.52. The largest absolute Gasteiger partial charge is 0.445 e. The molecule has 0 aliphatic heterocycles. The summed E-state index contributed by atoms with van der Waals surface area (Å²) in [6.07, 6.45) is 1.80. The number of hydrogen-bond donors (Lipinski definition) is 2. The molecule has 0 aliphatic carbocycles. The second-order valence-electron chi connectivity index (χ2n) is 4.77. The third-order valence-electron chi connectivity index (χ3n) is 3.02. The second-order valence-corrected chi connectivity index (χ2v) is 6.59. The molecule has 1 atom stereocenters. The lowest BCUT2D eigenvalue weighted by atomic mass is 10.2. The minimum atomic E-state index is -0.690. The predicted molar refractivity (Wildman–Crippen MR) is 95.1 cm³/mol. The molecule has 1 aromatic carbocycles. The first kappa shape index (κ1) is 18.2. The van der Waals surface area contributed by atoms with Crippen LogP contribution in [0.3, 0.4) is 0 Å². The molecule has 9 heteroatoms. The van der Waals surface area contributed by atoms with Crippen LogP contribution in [0.4, 0.5) is 9.93 Å². The van der Waals surface area contributed by atoms with Crippen LogP contribution in [0.5, 0.6) is 0 Å². The molecule has 128 valence electrons. The van der Waals surface area contributed by atoms with Crippen molar-refractivity contribution >= 4 is 40.2 Å². The Morgan fingerprint density at radius 1 is 1.33 bits per heavy atom. The Balaban J connectivity index is 1.87. The van der Waals surface area contributed by atoms with Crippen LogP contribution in [0.25, 0.3) is 0 Å². The lowest BCUT2D eigenvalue weighted by molar-refractivity contribution is -0.118. The maximum absolute atomic E-state index is 12.3. The highest BCUT2D eigenvalue weighted by atomic mass is 32.2. The number of amides is 2. The monoisotopic (exact) mass is 366 g/mol. The summed E-state index contributed by atoms with van der Waals surface area (Å²) in [5, 5.41) is 13.1. The summed E-state index contributed by atoms with van der Waals surface area (Å²) in [5.41, 5.74) is 2.40. The van der Waals surface area contributed by atoms with Crippen LogP contribution >= 0.6 is 23.1 Å². The van der Waals surface area contributed by atoms with Gasteiger partial charge in [0, 0.05) is 0 Å². The van der Waals surface area contributed by atoms with Gasteiger partial charge in [-0.05, 0) is 24.0 Å². The Bertz CT molecular complexity index is 637. The SMILES string of the molecule is CSCCC(NC(=O)OCc1ccccc1)C(=O)Nc1nncs1. The Morgan fingerprint density at radius 2 is 2.12 bits per heavy atom. The van der Waals surface area contributed by atoms with Gasteiger partial charge in [-0.25, -0.2) is 4.79 Å². The van der Waals surface area contributed by atoms with Crippen molar-refractivity contribution < 1.29 is 14.3 Å². The van der Waals surface area contributed by atoms with Crippen molar-refractivity contribution in [3.8, 4) is 0 Å². The number of aromatic nitrogens is 2. The van der Waals surface area contributed by atoms with Crippen molar-refractivity contribution in [2.75, 3.05) is 17.3 Å². The highest BCUT2D eigenvalue weighted by Gasteiger charge is 2.22. The number of carbonyl (C=O) groups excluding carboxylic acids is 2. The van der Waals surface area contributed by atoms with E-state index in [0.717, 1.165) is 11.3 Å². The summed E-state index contributed by atoms with van der Waals surface area (Å²) in [6.45, 7) is 0.153. The number of alkyl carbamates (subject to hydrolysis) is 1. The van der Waals surface area contributed by atoms with Crippen LogP contribution in [-0.2, 0) is 16.1 Å². The molecule has 2 amide bonds. The molecule has 0 radical (unpaired) electrons. The molecule has 1 heterocycles. The summed E-state index contributed by atoms with van der Waals surface area (Å²) in [6, 6.07) is 8.66. The number of nitrogens with one attached hydrogen (secondary N) is 2. The van der Waals surface area contributed by atoms with Gasteiger partial charge in [-0.3, -0.25) is 10.1 Å². The number of rotatable bonds is 8. The molecular formula is C15H18N4O3S2. The van der Waals surface area contributed by atoms with Crippen molar-refractivity contribution in [3.63, 3.8) is 0 Å². The number of carbonyl (C=O) groups is 2. The van der Waals surface area contributed by atoms with E-state index >= 15 is 0 Å². The van der Waals surface area contributed by atoms with Gasteiger partial charge in [-0.15, -0.1) is 10.2 Å². The zero-order valence-electron chi connectivity index (χ0n) is 13.1. The average Bonchev–Trinajstić information content (AvgIpc) is 3.10. The maximum Gasteiger partial charge on any atom is 0.408 e. The van der Waals surface area contributed by atoms with Gasteiger partial charge in [0.15, 0.2) is 0 Å². The van der Waals surface area contributed by atoms with Crippen molar-refractivity contribution in [2.45, 2.75) is 19.1 Å². The molecule has 1 aromatic heterocycles. The lowest BCUT2D eigenvalue weighted by Crippen LogP contribution is -2.44. The molecule has 2 aromatic rings. The number of ether oxygens (including phenoxy) is 1. The van der Waals surface area contributed by atoms with Crippen molar-refractivity contribution in [2.24, 2.45) is 0 Å². The second kappa shape index (κ2) is 9.89. The van der Waals surface area contributed by atoms with Gasteiger partial charge in [0.05, 0.1) is 0 Å². The first-order chi connectivity index (χ1) is 11.7. The standard InChI is InChI=1S/C15H18N4O3S2/c1-23-8-7-12(13(20)18-14-19-16-10-24-14)17-15(21)22-9-11-5-3-2-4-6-11/h2-6,10,12H,7-9H2,1H3,(H,17,21)(H,18,19,20). The summed E-state index contributed by atoms with van der Waals surface area (Å²) < 4.78 is 5.16. The fraction of sp³-hybridized carbons (Fsp3) is 0.333. The Morgan fingerprint density at radius 3 is 2.79 bits per heavy atom. The van der Waals surface area contributed by atoms with Gasteiger partial charge in [-0.1, -0.05) is 41.7 Å². The van der Waals surface area contributed by atoms with Gasteiger partial charge in [0.2, 0.25) is 11.0 Å². The normalized spacial score (nSPS) is 11.5. The van der Waals surface area contributed by atoms with Gasteiger partial charge < -0.3 is 10.1 Å². The molecule has 0 spiro atoms. The van der Waals surface area contributed by atoms with E-state index < -0.39 is 12.1 Å². The topological polar surface area (TPSA) is 93.2 Å². The summed E-state index contributed by atoms with van der Waals surface area (Å²) >= 11 is 2.81. The van der Waals surface area contributed by atoms with E-state index in [1.165, 1.54) is 16.8 Å². The van der Waals surface area contributed by atoms with Crippen molar-refractivity contribution in [1.29, 1.82) is 0 Å². The number of anilines is 1. The summed E-state index contributed by atoms with van der Waals surface area (Å²) in [4.78, 5) is 24.2. The Hall–Kier alpha value is -2.13. The van der Waals surface area contributed by atoms with Gasteiger partial charge in [0.1, 0.15) is 18.2 Å². The Labute approximate surface area is 148 Å².